The van der Waals surface area contributed by atoms with Gasteiger partial charge in [-0.05, 0) is 43.0 Å². The van der Waals surface area contributed by atoms with Crippen LogP contribution >= 0.6 is 23.2 Å². The van der Waals surface area contributed by atoms with Gasteiger partial charge < -0.3 is 4.90 Å². The van der Waals surface area contributed by atoms with Crippen LogP contribution in [0.4, 0.5) is 0 Å². The fourth-order valence-corrected chi connectivity index (χ4v) is 4.58. The van der Waals surface area contributed by atoms with E-state index in [4.69, 9.17) is 27.4 Å². The third-order valence-electron chi connectivity index (χ3n) is 5.57. The fraction of sp³-hybridized carbons (Fsp3) is 0.409. The third-order valence-corrected chi connectivity index (χ3v) is 6.90. The Bertz CT molecular complexity index is 1020. The van der Waals surface area contributed by atoms with E-state index in [1.54, 1.807) is 6.07 Å². The molecule has 1 aliphatic rings. The van der Waals surface area contributed by atoms with Crippen molar-refractivity contribution in [1.29, 1.82) is 0 Å². The Morgan fingerprint density at radius 3 is 2.43 bits per heavy atom. The topological polar surface area (TPSA) is 63.7 Å². The molecule has 1 atom stereocenters. The molecule has 0 aromatic heterocycles. The minimum atomic E-state index is -3.55. The number of halogens is 2. The number of carbonyl (C=O) groups excluding carboxylic acids is 1. The average Bonchev–Trinajstić information content (AvgIpc) is 2.67. The quantitative estimate of drug-likeness (QED) is 0.549. The molecule has 0 bridgehead atoms. The minimum Gasteiger partial charge on any atom is -0.337 e. The summed E-state index contributed by atoms with van der Waals surface area (Å²) in [4.78, 5) is 14.5. The molecule has 0 aliphatic carbocycles. The molecule has 162 valence electrons. The highest BCUT2D eigenvalue weighted by Gasteiger charge is 2.40. The number of nitrogens with zero attached hydrogens (tertiary/aromatic N) is 1. The summed E-state index contributed by atoms with van der Waals surface area (Å²) < 4.78 is 28.0. The van der Waals surface area contributed by atoms with Crippen LogP contribution < -0.4 is 0 Å². The van der Waals surface area contributed by atoms with Crippen LogP contribution in [-0.2, 0) is 31.1 Å². The smallest absolute Gasteiger partial charge is 0.264 e. The van der Waals surface area contributed by atoms with Gasteiger partial charge in [0.05, 0.1) is 22.9 Å². The van der Waals surface area contributed by atoms with E-state index in [1.165, 1.54) is 0 Å². The lowest BCUT2D eigenvalue weighted by atomic mass is 9.71. The van der Waals surface area contributed by atoms with Crippen molar-refractivity contribution in [2.75, 3.05) is 19.4 Å². The molecule has 1 amide bonds. The molecule has 1 unspecified atom stereocenters. The molecule has 30 heavy (non-hydrogen) atoms. The van der Waals surface area contributed by atoms with Crippen LogP contribution in [0.15, 0.2) is 42.5 Å². The number of amides is 1. The number of rotatable bonds is 7. The molecule has 8 heteroatoms. The summed E-state index contributed by atoms with van der Waals surface area (Å²) in [5, 5.41) is 0.880. The Hall–Kier alpha value is -1.60. The SMILES string of the molecule is Cc1ccc(CN2CC(CCOS(C)(=O)=O)(c3ccc(Cl)c(Cl)c3)CCC2=O)cc1. The van der Waals surface area contributed by atoms with Crippen molar-refractivity contribution in [2.24, 2.45) is 0 Å². The molecule has 2 aromatic rings. The Labute approximate surface area is 188 Å². The van der Waals surface area contributed by atoms with Crippen LogP contribution in [0.3, 0.4) is 0 Å². The summed E-state index contributed by atoms with van der Waals surface area (Å²) >= 11 is 12.4. The summed E-state index contributed by atoms with van der Waals surface area (Å²) in [6, 6.07) is 13.5. The minimum absolute atomic E-state index is 0.0334. The lowest BCUT2D eigenvalue weighted by Gasteiger charge is -2.43. The molecule has 0 radical (unpaired) electrons. The number of hydrogen-bond donors (Lipinski definition) is 0. The van der Waals surface area contributed by atoms with Crippen molar-refractivity contribution in [3.63, 3.8) is 0 Å². The maximum absolute atomic E-state index is 12.7. The van der Waals surface area contributed by atoms with Crippen LogP contribution in [-0.4, -0.2) is 38.6 Å². The largest absolute Gasteiger partial charge is 0.337 e. The van der Waals surface area contributed by atoms with Gasteiger partial charge in [0.2, 0.25) is 5.91 Å². The zero-order valence-corrected chi connectivity index (χ0v) is 19.4. The van der Waals surface area contributed by atoms with Crippen molar-refractivity contribution < 1.29 is 17.4 Å². The van der Waals surface area contributed by atoms with E-state index in [0.29, 0.717) is 42.4 Å². The highest BCUT2D eigenvalue weighted by atomic mass is 35.5. The number of hydrogen-bond acceptors (Lipinski definition) is 4. The summed E-state index contributed by atoms with van der Waals surface area (Å²) in [6.07, 6.45) is 2.43. The molecular weight excluding hydrogens is 445 g/mol. The molecule has 0 N–H and O–H groups in total. The van der Waals surface area contributed by atoms with Crippen LogP contribution in [0.2, 0.25) is 10.0 Å². The molecule has 3 rings (SSSR count). The highest BCUT2D eigenvalue weighted by molar-refractivity contribution is 7.85. The van der Waals surface area contributed by atoms with Gasteiger partial charge in [0.1, 0.15) is 0 Å². The summed E-state index contributed by atoms with van der Waals surface area (Å²) in [5.74, 6) is 0.0790. The van der Waals surface area contributed by atoms with Gasteiger partial charge in [-0.25, -0.2) is 0 Å². The van der Waals surface area contributed by atoms with Crippen molar-refractivity contribution in [1.82, 2.24) is 4.90 Å². The summed E-state index contributed by atoms with van der Waals surface area (Å²) in [5.41, 5.74) is 2.66. The van der Waals surface area contributed by atoms with Crippen LogP contribution in [0.1, 0.15) is 36.0 Å². The van der Waals surface area contributed by atoms with Crippen molar-refractivity contribution in [3.8, 4) is 0 Å². The molecule has 2 aromatic carbocycles. The maximum Gasteiger partial charge on any atom is 0.264 e. The van der Waals surface area contributed by atoms with E-state index in [-0.39, 0.29) is 12.5 Å². The van der Waals surface area contributed by atoms with Gasteiger partial charge in [-0.1, -0.05) is 59.1 Å². The first-order chi connectivity index (χ1) is 14.1. The summed E-state index contributed by atoms with van der Waals surface area (Å²) in [7, 11) is -3.55. The van der Waals surface area contributed by atoms with Gasteiger partial charge in [0.15, 0.2) is 0 Å². The molecule has 1 saturated heterocycles. The first kappa shape index (κ1) is 23.1. The number of piperidine rings is 1. The van der Waals surface area contributed by atoms with Crippen LogP contribution in [0, 0.1) is 6.92 Å². The first-order valence-electron chi connectivity index (χ1n) is 9.71. The normalized spacial score (nSPS) is 19.9. The second-order valence-electron chi connectivity index (χ2n) is 7.92. The molecule has 5 nitrogen and oxygen atoms in total. The number of aryl methyl sites for hydroxylation is 1. The van der Waals surface area contributed by atoms with Crippen LogP contribution in [0.25, 0.3) is 0 Å². The van der Waals surface area contributed by atoms with Gasteiger partial charge in [0, 0.05) is 24.9 Å². The Morgan fingerprint density at radius 1 is 1.10 bits per heavy atom. The maximum atomic E-state index is 12.7. The molecule has 1 heterocycles. The van der Waals surface area contributed by atoms with E-state index in [2.05, 4.69) is 0 Å². The molecule has 0 saturated carbocycles. The lowest BCUT2D eigenvalue weighted by molar-refractivity contribution is -0.136. The predicted molar refractivity (Wildman–Crippen MR) is 119 cm³/mol. The third kappa shape index (κ3) is 5.76. The Balaban J connectivity index is 1.90. The van der Waals surface area contributed by atoms with E-state index in [1.807, 2.05) is 48.2 Å². The highest BCUT2D eigenvalue weighted by Crippen LogP contribution is 2.40. The van der Waals surface area contributed by atoms with E-state index >= 15 is 0 Å². The molecule has 1 fully saturated rings. The van der Waals surface area contributed by atoms with E-state index in [0.717, 1.165) is 22.9 Å². The van der Waals surface area contributed by atoms with Crippen molar-refractivity contribution in [3.05, 3.63) is 69.2 Å². The Kier molecular flexibility index (Phi) is 7.13. The van der Waals surface area contributed by atoms with E-state index in [9.17, 15) is 13.2 Å². The second kappa shape index (κ2) is 9.27. The van der Waals surface area contributed by atoms with Gasteiger partial charge in [0.25, 0.3) is 10.1 Å². The standard InChI is InChI=1S/C22H25Cl2NO4S/c1-16-3-5-17(6-4-16)14-25-15-22(10-9-21(25)26,11-12-29-30(2,27)28)18-7-8-19(23)20(24)13-18/h3-8,13H,9-12,14-15H2,1-2H3. The first-order valence-corrected chi connectivity index (χ1v) is 12.3. The van der Waals surface area contributed by atoms with Gasteiger partial charge in [-0.3, -0.25) is 8.98 Å². The second-order valence-corrected chi connectivity index (χ2v) is 10.4. The number of carbonyl (C=O) groups is 1. The zero-order chi connectivity index (χ0) is 21.9. The van der Waals surface area contributed by atoms with E-state index < -0.39 is 15.5 Å². The van der Waals surface area contributed by atoms with Gasteiger partial charge in [-0.2, -0.15) is 8.42 Å². The van der Waals surface area contributed by atoms with Crippen molar-refractivity contribution >= 4 is 39.2 Å². The molecular formula is C22H25Cl2NO4S. The van der Waals surface area contributed by atoms with Gasteiger partial charge in [-0.15, -0.1) is 0 Å². The number of likely N-dealkylation sites (tertiary alicyclic amines) is 1. The average molecular weight is 470 g/mol. The molecule has 1 aliphatic heterocycles. The number of benzene rings is 2. The Morgan fingerprint density at radius 2 is 1.80 bits per heavy atom. The monoisotopic (exact) mass is 469 g/mol. The lowest BCUT2D eigenvalue weighted by Crippen LogP contribution is -2.49. The van der Waals surface area contributed by atoms with Gasteiger partial charge >= 0.3 is 0 Å². The predicted octanol–water partition coefficient (Wildman–Crippen LogP) is 4.73. The van der Waals surface area contributed by atoms with Crippen molar-refractivity contribution in [2.45, 2.75) is 38.1 Å². The van der Waals surface area contributed by atoms with Crippen LogP contribution in [0.5, 0.6) is 0 Å². The fourth-order valence-electron chi connectivity index (χ4n) is 3.89. The molecule has 0 spiro atoms. The zero-order valence-electron chi connectivity index (χ0n) is 17.0. The summed E-state index contributed by atoms with van der Waals surface area (Å²) in [6.45, 7) is 3.00.